The van der Waals surface area contributed by atoms with Crippen LogP contribution in [0.3, 0.4) is 0 Å². The zero-order valence-electron chi connectivity index (χ0n) is 9.88. The maximum atomic E-state index is 13.0. The van der Waals surface area contributed by atoms with Crippen molar-refractivity contribution in [1.82, 2.24) is 4.98 Å². The van der Waals surface area contributed by atoms with E-state index in [2.05, 4.69) is 4.98 Å². The third-order valence-electron chi connectivity index (χ3n) is 3.36. The average Bonchev–Trinajstić information content (AvgIpc) is 2.77. The van der Waals surface area contributed by atoms with Gasteiger partial charge in [-0.1, -0.05) is 0 Å². The molecule has 19 heavy (non-hydrogen) atoms. The van der Waals surface area contributed by atoms with Crippen LogP contribution in [0.4, 0.5) is 22.0 Å². The first-order valence-electron chi connectivity index (χ1n) is 5.85. The fourth-order valence-electron chi connectivity index (χ4n) is 2.23. The van der Waals surface area contributed by atoms with E-state index in [1.165, 1.54) is 0 Å². The van der Waals surface area contributed by atoms with Crippen LogP contribution in [0, 0.1) is 5.92 Å². The van der Waals surface area contributed by atoms with Gasteiger partial charge in [-0.15, -0.1) is 11.3 Å². The van der Waals surface area contributed by atoms with E-state index in [9.17, 15) is 22.0 Å². The minimum absolute atomic E-state index is 0.207. The molecule has 1 aromatic rings. The highest BCUT2D eigenvalue weighted by Crippen LogP contribution is 2.42. The first-order chi connectivity index (χ1) is 8.69. The van der Waals surface area contributed by atoms with E-state index >= 15 is 0 Å². The summed E-state index contributed by atoms with van der Waals surface area (Å²) in [6, 6.07) is -0.648. The molecule has 1 aliphatic rings. The molecule has 1 aliphatic carbocycles. The van der Waals surface area contributed by atoms with Crippen LogP contribution in [-0.4, -0.2) is 10.9 Å². The van der Waals surface area contributed by atoms with Gasteiger partial charge in [0.05, 0.1) is 0 Å². The summed E-state index contributed by atoms with van der Waals surface area (Å²) in [7, 11) is 0. The van der Waals surface area contributed by atoms with Crippen molar-refractivity contribution in [3.8, 4) is 0 Å². The minimum Gasteiger partial charge on any atom is -0.323 e. The van der Waals surface area contributed by atoms with Crippen molar-refractivity contribution in [3.05, 3.63) is 16.1 Å². The highest BCUT2D eigenvalue weighted by molar-refractivity contribution is 7.11. The van der Waals surface area contributed by atoms with Crippen molar-refractivity contribution in [2.45, 2.75) is 43.8 Å². The van der Waals surface area contributed by atoms with Crippen LogP contribution < -0.4 is 5.73 Å². The molecule has 1 heterocycles. The Bertz CT molecular complexity index is 433. The number of halogens is 5. The number of hydrogen-bond acceptors (Lipinski definition) is 3. The van der Waals surface area contributed by atoms with Crippen molar-refractivity contribution in [3.63, 3.8) is 0 Å². The van der Waals surface area contributed by atoms with Crippen LogP contribution in [0.5, 0.6) is 0 Å². The van der Waals surface area contributed by atoms with E-state index in [-0.39, 0.29) is 31.6 Å². The molecule has 0 amide bonds. The molecule has 2 rings (SSSR count). The van der Waals surface area contributed by atoms with E-state index in [4.69, 9.17) is 5.73 Å². The van der Waals surface area contributed by atoms with Crippen LogP contribution in [0.2, 0.25) is 0 Å². The van der Waals surface area contributed by atoms with E-state index in [0.717, 1.165) is 6.20 Å². The van der Waals surface area contributed by atoms with Crippen LogP contribution in [0.25, 0.3) is 0 Å². The standard InChI is InChI=1S/C11H13F5N2S/c12-10(13)3-1-6(2-4-10)8(17)7-5-18-9(19-7)11(14,15)16/h5-6,8H,1-4,17H2. The lowest BCUT2D eigenvalue weighted by Crippen LogP contribution is -2.30. The van der Waals surface area contributed by atoms with Gasteiger partial charge in [-0.2, -0.15) is 13.2 Å². The summed E-state index contributed by atoms with van der Waals surface area (Å²) in [6.45, 7) is 0. The lowest BCUT2D eigenvalue weighted by Gasteiger charge is -2.31. The summed E-state index contributed by atoms with van der Waals surface area (Å²) < 4.78 is 63.3. The first-order valence-corrected chi connectivity index (χ1v) is 6.67. The molecule has 0 aliphatic heterocycles. The van der Waals surface area contributed by atoms with Crippen molar-refractivity contribution in [1.29, 1.82) is 0 Å². The Labute approximate surface area is 110 Å². The van der Waals surface area contributed by atoms with Gasteiger partial charge in [0.25, 0.3) is 0 Å². The van der Waals surface area contributed by atoms with Crippen LogP contribution >= 0.6 is 11.3 Å². The summed E-state index contributed by atoms with van der Waals surface area (Å²) in [6.07, 6.45) is -3.43. The molecule has 0 radical (unpaired) electrons. The molecule has 1 atom stereocenters. The Morgan fingerprint density at radius 2 is 1.89 bits per heavy atom. The molecule has 8 heteroatoms. The van der Waals surface area contributed by atoms with Gasteiger partial charge in [-0.25, -0.2) is 13.8 Å². The Balaban J connectivity index is 2.04. The minimum atomic E-state index is -4.48. The molecule has 0 bridgehead atoms. The van der Waals surface area contributed by atoms with Crippen molar-refractivity contribution in [2.24, 2.45) is 11.7 Å². The third kappa shape index (κ3) is 3.42. The predicted octanol–water partition coefficient (Wildman–Crippen LogP) is 3.99. The van der Waals surface area contributed by atoms with E-state index < -0.39 is 23.1 Å². The van der Waals surface area contributed by atoms with E-state index in [0.29, 0.717) is 16.2 Å². The first kappa shape index (κ1) is 14.6. The zero-order chi connectivity index (χ0) is 14.3. The smallest absolute Gasteiger partial charge is 0.323 e. The summed E-state index contributed by atoms with van der Waals surface area (Å²) in [5.41, 5.74) is 5.87. The molecule has 1 saturated carbocycles. The van der Waals surface area contributed by atoms with Gasteiger partial charge in [0, 0.05) is 30.0 Å². The van der Waals surface area contributed by atoms with Gasteiger partial charge in [0.2, 0.25) is 5.92 Å². The van der Waals surface area contributed by atoms with Crippen LogP contribution in [0.15, 0.2) is 6.20 Å². The lowest BCUT2D eigenvalue weighted by molar-refractivity contribution is -0.137. The molecule has 108 valence electrons. The molecule has 0 saturated heterocycles. The van der Waals surface area contributed by atoms with Gasteiger partial charge in [0.15, 0.2) is 5.01 Å². The maximum absolute atomic E-state index is 13.0. The summed E-state index contributed by atoms with van der Waals surface area (Å²) in [5.74, 6) is -2.87. The second-order valence-corrected chi connectivity index (χ2v) is 5.85. The topological polar surface area (TPSA) is 38.9 Å². The Morgan fingerprint density at radius 3 is 2.37 bits per heavy atom. The zero-order valence-corrected chi connectivity index (χ0v) is 10.7. The fraction of sp³-hybridized carbons (Fsp3) is 0.727. The Kier molecular flexibility index (Phi) is 3.83. The molecule has 0 spiro atoms. The summed E-state index contributed by atoms with van der Waals surface area (Å²) >= 11 is 0.493. The Hall–Kier alpha value is -0.760. The van der Waals surface area contributed by atoms with E-state index in [1.54, 1.807) is 0 Å². The normalized spacial score (nSPS) is 22.4. The lowest BCUT2D eigenvalue weighted by atomic mass is 9.82. The molecular formula is C11H13F5N2S. The molecule has 1 unspecified atom stereocenters. The highest BCUT2D eigenvalue weighted by Gasteiger charge is 2.39. The second-order valence-electron chi connectivity index (χ2n) is 4.78. The summed E-state index contributed by atoms with van der Waals surface area (Å²) in [4.78, 5) is 3.61. The van der Waals surface area contributed by atoms with Crippen molar-refractivity contribution in [2.75, 3.05) is 0 Å². The molecular weight excluding hydrogens is 287 g/mol. The largest absolute Gasteiger partial charge is 0.443 e. The fourth-order valence-corrected chi connectivity index (χ4v) is 3.10. The quantitative estimate of drug-likeness (QED) is 0.839. The van der Waals surface area contributed by atoms with Gasteiger partial charge < -0.3 is 5.73 Å². The highest BCUT2D eigenvalue weighted by atomic mass is 32.1. The van der Waals surface area contributed by atoms with Crippen molar-refractivity contribution < 1.29 is 22.0 Å². The number of aromatic nitrogens is 1. The number of hydrogen-bond donors (Lipinski definition) is 1. The number of thiazole rings is 1. The average molecular weight is 300 g/mol. The monoisotopic (exact) mass is 300 g/mol. The summed E-state index contributed by atoms with van der Waals surface area (Å²) in [5, 5.41) is -0.945. The predicted molar refractivity (Wildman–Crippen MR) is 60.9 cm³/mol. The van der Waals surface area contributed by atoms with E-state index in [1.807, 2.05) is 0 Å². The maximum Gasteiger partial charge on any atom is 0.443 e. The molecule has 1 fully saturated rings. The number of nitrogens with zero attached hydrogens (tertiary/aromatic N) is 1. The number of alkyl halides is 5. The number of rotatable bonds is 2. The van der Waals surface area contributed by atoms with Crippen LogP contribution in [0.1, 0.15) is 41.6 Å². The third-order valence-corrected chi connectivity index (χ3v) is 4.51. The number of nitrogens with two attached hydrogens (primary N) is 1. The van der Waals surface area contributed by atoms with Gasteiger partial charge >= 0.3 is 6.18 Å². The second kappa shape index (κ2) is 4.97. The molecule has 2 nitrogen and oxygen atoms in total. The molecule has 0 aromatic carbocycles. The van der Waals surface area contributed by atoms with Gasteiger partial charge in [-0.05, 0) is 18.8 Å². The van der Waals surface area contributed by atoms with Crippen LogP contribution in [-0.2, 0) is 6.18 Å². The molecule has 2 N–H and O–H groups in total. The van der Waals surface area contributed by atoms with Crippen molar-refractivity contribution >= 4 is 11.3 Å². The SMILES string of the molecule is NC(c1cnc(C(F)(F)F)s1)C1CCC(F)(F)CC1. The van der Waals surface area contributed by atoms with Gasteiger partial charge in [0.1, 0.15) is 0 Å². The van der Waals surface area contributed by atoms with Gasteiger partial charge in [-0.3, -0.25) is 0 Å². The molecule has 1 aromatic heterocycles. The Morgan fingerprint density at radius 1 is 1.32 bits per heavy atom.